The Labute approximate surface area is 184 Å². The van der Waals surface area contributed by atoms with Crippen molar-refractivity contribution in [1.29, 1.82) is 0 Å². The Morgan fingerprint density at radius 3 is 2.74 bits per heavy atom. The van der Waals surface area contributed by atoms with Crippen LogP contribution in [0.15, 0.2) is 23.2 Å². The number of rotatable bonds is 8. The van der Waals surface area contributed by atoms with E-state index < -0.39 is 0 Å². The number of guanidine groups is 1. The fourth-order valence-electron chi connectivity index (χ4n) is 3.20. The molecular weight excluding hydrogens is 482 g/mol. The minimum absolute atomic E-state index is 0. The highest BCUT2D eigenvalue weighted by molar-refractivity contribution is 14.0. The molecule has 0 unspecified atom stereocenters. The van der Waals surface area contributed by atoms with E-state index in [1.807, 2.05) is 0 Å². The highest BCUT2D eigenvalue weighted by Gasteiger charge is 2.19. The van der Waals surface area contributed by atoms with Crippen molar-refractivity contribution in [3.63, 3.8) is 0 Å². The Bertz CT molecular complexity index is 563. The Hall–Kier alpha value is -0.640. The zero-order valence-corrected chi connectivity index (χ0v) is 19.2. The van der Waals surface area contributed by atoms with E-state index in [4.69, 9.17) is 16.3 Å². The number of halogens is 3. The molecule has 0 saturated carbocycles. The average Bonchev–Trinajstić information content (AvgIpc) is 2.64. The van der Waals surface area contributed by atoms with Gasteiger partial charge in [-0.25, -0.2) is 4.39 Å². The van der Waals surface area contributed by atoms with Gasteiger partial charge in [0.25, 0.3) is 0 Å². The fraction of sp³-hybridized carbons (Fsp3) is 0.632. The molecule has 2 N–H and O–H groups in total. The number of nitrogens with one attached hydrogen (secondary N) is 2. The normalized spacial score (nSPS) is 16.1. The molecule has 1 saturated heterocycles. The molecule has 1 aliphatic heterocycles. The van der Waals surface area contributed by atoms with Gasteiger partial charge in [-0.2, -0.15) is 0 Å². The Morgan fingerprint density at radius 2 is 2.11 bits per heavy atom. The minimum Gasteiger partial charge on any atom is -0.385 e. The molecule has 1 fully saturated rings. The third-order valence-electron chi connectivity index (χ3n) is 4.70. The van der Waals surface area contributed by atoms with Crippen molar-refractivity contribution in [3.8, 4) is 0 Å². The molecule has 0 atom stereocenters. The Balaban J connectivity index is 0.00000364. The second-order valence-electron chi connectivity index (χ2n) is 6.56. The predicted octanol–water partition coefficient (Wildman–Crippen LogP) is 3.31. The van der Waals surface area contributed by atoms with Gasteiger partial charge in [0, 0.05) is 63.6 Å². The molecule has 0 spiro atoms. The number of piperidine rings is 1. The maximum Gasteiger partial charge on any atom is 0.191 e. The number of methoxy groups -OCH3 is 1. The van der Waals surface area contributed by atoms with E-state index >= 15 is 0 Å². The standard InChI is InChI=1S/C19H30ClFN4O.HI/c1-22-19(23-10-7-16-17(20)5-3-6-18(16)21)24-15-8-12-25(13-9-15)11-4-14-26-2;/h3,5-6,15H,4,7-14H2,1-2H3,(H2,22,23,24);1H. The Kier molecular flexibility index (Phi) is 12.2. The summed E-state index contributed by atoms with van der Waals surface area (Å²) in [4.78, 5) is 6.76. The largest absolute Gasteiger partial charge is 0.385 e. The Morgan fingerprint density at radius 1 is 1.37 bits per heavy atom. The first-order chi connectivity index (χ1) is 12.6. The third kappa shape index (κ3) is 8.50. The molecule has 27 heavy (non-hydrogen) atoms. The first-order valence-electron chi connectivity index (χ1n) is 9.25. The molecule has 1 aromatic carbocycles. The smallest absolute Gasteiger partial charge is 0.191 e. The average molecular weight is 513 g/mol. The second-order valence-corrected chi connectivity index (χ2v) is 6.96. The van der Waals surface area contributed by atoms with Crippen molar-refractivity contribution in [2.75, 3.05) is 46.9 Å². The molecule has 8 heteroatoms. The molecule has 0 aliphatic carbocycles. The van der Waals surface area contributed by atoms with Gasteiger partial charge in [0.2, 0.25) is 0 Å². The van der Waals surface area contributed by atoms with Crippen LogP contribution in [-0.4, -0.2) is 63.8 Å². The summed E-state index contributed by atoms with van der Waals surface area (Å²) >= 11 is 6.07. The second kappa shape index (κ2) is 13.5. The molecule has 0 aromatic heterocycles. The van der Waals surface area contributed by atoms with Crippen LogP contribution in [0.3, 0.4) is 0 Å². The minimum atomic E-state index is -0.261. The van der Waals surface area contributed by atoms with Crippen LogP contribution in [-0.2, 0) is 11.2 Å². The highest BCUT2D eigenvalue weighted by Crippen LogP contribution is 2.19. The number of hydrogen-bond acceptors (Lipinski definition) is 3. The van der Waals surface area contributed by atoms with E-state index in [9.17, 15) is 4.39 Å². The van der Waals surface area contributed by atoms with E-state index in [-0.39, 0.29) is 29.8 Å². The van der Waals surface area contributed by atoms with E-state index in [0.717, 1.165) is 51.5 Å². The van der Waals surface area contributed by atoms with E-state index in [2.05, 4.69) is 20.5 Å². The first-order valence-corrected chi connectivity index (χ1v) is 9.63. The van der Waals surface area contributed by atoms with E-state index in [1.165, 1.54) is 6.07 Å². The van der Waals surface area contributed by atoms with Gasteiger partial charge < -0.3 is 20.3 Å². The molecule has 5 nitrogen and oxygen atoms in total. The predicted molar refractivity (Wildman–Crippen MR) is 121 cm³/mol. The van der Waals surface area contributed by atoms with Crippen molar-refractivity contribution in [2.45, 2.75) is 31.7 Å². The number of likely N-dealkylation sites (tertiary alicyclic amines) is 1. The van der Waals surface area contributed by atoms with Crippen molar-refractivity contribution < 1.29 is 9.13 Å². The summed E-state index contributed by atoms with van der Waals surface area (Å²) in [6, 6.07) is 5.19. The zero-order chi connectivity index (χ0) is 18.8. The van der Waals surface area contributed by atoms with Crippen LogP contribution in [0.25, 0.3) is 0 Å². The molecule has 2 rings (SSSR count). The van der Waals surface area contributed by atoms with Gasteiger partial charge in [-0.1, -0.05) is 17.7 Å². The van der Waals surface area contributed by atoms with Crippen LogP contribution in [0.4, 0.5) is 4.39 Å². The van der Waals surface area contributed by atoms with E-state index in [0.29, 0.717) is 29.6 Å². The van der Waals surface area contributed by atoms with Crippen LogP contribution < -0.4 is 10.6 Å². The topological polar surface area (TPSA) is 48.9 Å². The lowest BCUT2D eigenvalue weighted by Crippen LogP contribution is -2.49. The van der Waals surface area contributed by atoms with Gasteiger partial charge >= 0.3 is 0 Å². The van der Waals surface area contributed by atoms with Crippen molar-refractivity contribution in [3.05, 3.63) is 34.6 Å². The summed E-state index contributed by atoms with van der Waals surface area (Å²) in [6.07, 6.45) is 3.78. The lowest BCUT2D eigenvalue weighted by Gasteiger charge is -2.33. The SMILES string of the molecule is CN=C(NCCc1c(F)cccc1Cl)NC1CCN(CCCOC)CC1.I. The fourth-order valence-corrected chi connectivity index (χ4v) is 3.46. The summed E-state index contributed by atoms with van der Waals surface area (Å²) in [5.74, 6) is 0.499. The van der Waals surface area contributed by atoms with Gasteiger partial charge in [-0.15, -0.1) is 24.0 Å². The van der Waals surface area contributed by atoms with Crippen molar-refractivity contribution in [2.24, 2.45) is 4.99 Å². The maximum atomic E-state index is 13.8. The van der Waals surface area contributed by atoms with E-state index in [1.54, 1.807) is 26.3 Å². The molecule has 1 heterocycles. The molecule has 0 bridgehead atoms. The lowest BCUT2D eigenvalue weighted by atomic mass is 10.1. The summed E-state index contributed by atoms with van der Waals surface area (Å²) < 4.78 is 18.9. The van der Waals surface area contributed by atoms with Crippen molar-refractivity contribution >= 4 is 41.5 Å². The lowest BCUT2D eigenvalue weighted by molar-refractivity contribution is 0.155. The monoisotopic (exact) mass is 512 g/mol. The van der Waals surface area contributed by atoms with Crippen LogP contribution in [0.5, 0.6) is 0 Å². The number of hydrogen-bond donors (Lipinski definition) is 2. The molecule has 0 radical (unpaired) electrons. The first kappa shape index (κ1) is 24.4. The van der Waals surface area contributed by atoms with Gasteiger partial charge in [-0.3, -0.25) is 4.99 Å². The van der Waals surface area contributed by atoms with Crippen LogP contribution in [0.2, 0.25) is 5.02 Å². The summed E-state index contributed by atoms with van der Waals surface area (Å²) in [7, 11) is 3.50. The van der Waals surface area contributed by atoms with Crippen LogP contribution >= 0.6 is 35.6 Å². The molecule has 1 aliphatic rings. The molecule has 0 amide bonds. The molecular formula is C19H31ClFIN4O. The quantitative estimate of drug-likeness (QED) is 0.243. The number of nitrogens with zero attached hydrogens (tertiary/aromatic N) is 2. The molecule has 1 aromatic rings. The third-order valence-corrected chi connectivity index (χ3v) is 5.06. The van der Waals surface area contributed by atoms with Gasteiger partial charge in [0.05, 0.1) is 0 Å². The van der Waals surface area contributed by atoms with Gasteiger partial charge in [0.1, 0.15) is 5.82 Å². The van der Waals surface area contributed by atoms with Crippen molar-refractivity contribution in [1.82, 2.24) is 15.5 Å². The van der Waals surface area contributed by atoms with Crippen LogP contribution in [0, 0.1) is 5.82 Å². The summed E-state index contributed by atoms with van der Waals surface area (Å²) in [5.41, 5.74) is 0.543. The van der Waals surface area contributed by atoms with Gasteiger partial charge in [0.15, 0.2) is 5.96 Å². The maximum absolute atomic E-state index is 13.8. The number of benzene rings is 1. The zero-order valence-electron chi connectivity index (χ0n) is 16.1. The summed E-state index contributed by atoms with van der Waals surface area (Å²) in [5, 5.41) is 7.19. The summed E-state index contributed by atoms with van der Waals surface area (Å²) in [6.45, 7) is 4.67. The highest BCUT2D eigenvalue weighted by atomic mass is 127. The van der Waals surface area contributed by atoms with Gasteiger partial charge in [-0.05, 0) is 37.8 Å². The number of ether oxygens (including phenoxy) is 1. The van der Waals surface area contributed by atoms with Crippen LogP contribution in [0.1, 0.15) is 24.8 Å². The number of aliphatic imine (C=N–C) groups is 1. The molecule has 154 valence electrons.